The van der Waals surface area contributed by atoms with E-state index in [1.807, 2.05) is 0 Å². The summed E-state index contributed by atoms with van der Waals surface area (Å²) in [5.74, 6) is -3.70. The number of phenolic OH excluding ortho intramolecular Hbond substituents is 1. The second-order valence-corrected chi connectivity index (χ2v) is 12.7. The quantitative estimate of drug-likeness (QED) is 0.0984. The second kappa shape index (κ2) is 21.6. The lowest BCUT2D eigenvalue weighted by Gasteiger charge is -2.29. The van der Waals surface area contributed by atoms with Crippen molar-refractivity contribution in [2.75, 3.05) is 27.2 Å². The molecule has 0 aromatic heterocycles. The maximum Gasteiger partial charge on any atom is 0.325 e. The predicted molar refractivity (Wildman–Crippen MR) is 180 cm³/mol. The van der Waals surface area contributed by atoms with Crippen LogP contribution in [0.4, 0.5) is 0 Å². The number of carbonyl (C=O) groups is 6. The van der Waals surface area contributed by atoms with E-state index in [0.717, 1.165) is 24.2 Å². The van der Waals surface area contributed by atoms with Gasteiger partial charge in [0.1, 0.15) is 29.9 Å². The van der Waals surface area contributed by atoms with Crippen LogP contribution in [0, 0.1) is 5.92 Å². The first-order valence-corrected chi connectivity index (χ1v) is 16.6. The molecule has 5 amide bonds. The third-order valence-electron chi connectivity index (χ3n) is 8.18. The van der Waals surface area contributed by atoms with Crippen molar-refractivity contribution in [2.24, 2.45) is 5.92 Å². The summed E-state index contributed by atoms with van der Waals surface area (Å²) in [4.78, 5) is 77.9. The van der Waals surface area contributed by atoms with Gasteiger partial charge in [0.05, 0.1) is 13.2 Å². The Hall–Kier alpha value is -4.20. The average Bonchev–Trinajstić information content (AvgIpc) is 3.03. The Balaban J connectivity index is 2.68. The topological polar surface area (TPSA) is 206 Å². The van der Waals surface area contributed by atoms with Gasteiger partial charge in [-0.2, -0.15) is 0 Å². The van der Waals surface area contributed by atoms with Gasteiger partial charge in [0.25, 0.3) is 0 Å². The summed E-state index contributed by atoms with van der Waals surface area (Å²) in [7, 11) is 2.76. The number of rotatable bonds is 22. The summed E-state index contributed by atoms with van der Waals surface area (Å²) >= 11 is 0. The molecule has 1 aromatic carbocycles. The fourth-order valence-corrected chi connectivity index (χ4v) is 4.89. The molecule has 0 spiro atoms. The van der Waals surface area contributed by atoms with Crippen LogP contribution in [-0.4, -0.2) is 112 Å². The van der Waals surface area contributed by atoms with Crippen molar-refractivity contribution in [2.45, 2.75) is 110 Å². The molecule has 48 heavy (non-hydrogen) atoms. The number of amides is 5. The van der Waals surface area contributed by atoms with Crippen LogP contribution in [0.3, 0.4) is 0 Å². The van der Waals surface area contributed by atoms with Gasteiger partial charge in [-0.05, 0) is 43.9 Å². The van der Waals surface area contributed by atoms with Crippen molar-refractivity contribution in [3.63, 3.8) is 0 Å². The SMILES string of the molecule is CC(C)CCCCCCCCC(=O)N(C)[C@@H](CO)C(=O)N[C@@H](C)C(=O)NCC(=O)N(C)[C@@H](Cc1ccc(O)cc1)C(=O)N[C@@H](C)C(=O)O. The van der Waals surface area contributed by atoms with Crippen molar-refractivity contribution in [1.82, 2.24) is 25.8 Å². The molecule has 0 radical (unpaired) electrons. The van der Waals surface area contributed by atoms with E-state index in [-0.39, 0.29) is 24.5 Å². The maximum absolute atomic E-state index is 13.0. The van der Waals surface area contributed by atoms with Gasteiger partial charge in [-0.25, -0.2) is 0 Å². The van der Waals surface area contributed by atoms with Crippen LogP contribution in [0.1, 0.15) is 84.6 Å². The minimum Gasteiger partial charge on any atom is -0.508 e. The number of nitrogens with zero attached hydrogens (tertiary/aromatic N) is 2. The zero-order chi connectivity index (χ0) is 36.4. The zero-order valence-corrected chi connectivity index (χ0v) is 29.2. The summed E-state index contributed by atoms with van der Waals surface area (Å²) < 4.78 is 0. The van der Waals surface area contributed by atoms with Gasteiger partial charge >= 0.3 is 5.97 Å². The van der Waals surface area contributed by atoms with E-state index >= 15 is 0 Å². The molecule has 0 saturated heterocycles. The van der Waals surface area contributed by atoms with Crippen LogP contribution < -0.4 is 16.0 Å². The number of nitrogens with one attached hydrogen (secondary N) is 3. The van der Waals surface area contributed by atoms with Gasteiger partial charge in [0, 0.05) is 26.9 Å². The number of unbranched alkanes of at least 4 members (excludes halogenated alkanes) is 5. The van der Waals surface area contributed by atoms with E-state index in [1.54, 1.807) is 12.1 Å². The molecule has 6 N–H and O–H groups in total. The van der Waals surface area contributed by atoms with Gasteiger partial charge < -0.3 is 41.1 Å². The number of benzene rings is 1. The number of hydrogen-bond acceptors (Lipinski definition) is 8. The number of aliphatic hydroxyl groups excluding tert-OH is 1. The molecule has 0 aliphatic carbocycles. The standard InChI is InChI=1S/C34H55N5O9/c1-22(2)13-11-9-7-8-10-12-14-29(42)39(6)28(21-40)33(46)36-23(3)31(44)35-20-30(43)38(5)27(32(45)37-24(4)34(47)48)19-25-15-17-26(41)18-16-25/h15-18,22-24,27-28,40-41H,7-14,19-21H2,1-6H3,(H,35,44)(H,36,46)(H,37,45)(H,47,48)/t23-,24-,27-,28-/m0/s1. The van der Waals surface area contributed by atoms with Crippen LogP contribution >= 0.6 is 0 Å². The lowest BCUT2D eigenvalue weighted by Crippen LogP contribution is -2.56. The molecule has 270 valence electrons. The first-order chi connectivity index (χ1) is 22.6. The van der Waals surface area contributed by atoms with Crippen molar-refractivity contribution < 1.29 is 44.1 Å². The van der Waals surface area contributed by atoms with E-state index in [4.69, 9.17) is 0 Å². The van der Waals surface area contributed by atoms with Crippen LogP contribution in [0.25, 0.3) is 0 Å². The molecule has 0 aliphatic heterocycles. The molecule has 1 rings (SSSR count). The lowest BCUT2D eigenvalue weighted by atomic mass is 10.0. The third-order valence-corrected chi connectivity index (χ3v) is 8.18. The van der Waals surface area contributed by atoms with Crippen molar-refractivity contribution >= 4 is 35.5 Å². The summed E-state index contributed by atoms with van der Waals surface area (Å²) in [5, 5.41) is 35.8. The second-order valence-electron chi connectivity index (χ2n) is 12.7. The van der Waals surface area contributed by atoms with Gasteiger partial charge in [-0.15, -0.1) is 0 Å². The molecule has 0 fully saturated rings. The van der Waals surface area contributed by atoms with E-state index < -0.39 is 66.9 Å². The van der Waals surface area contributed by atoms with Gasteiger partial charge in [0.2, 0.25) is 29.5 Å². The van der Waals surface area contributed by atoms with E-state index in [1.165, 1.54) is 64.2 Å². The molecule has 4 atom stereocenters. The number of likely N-dealkylation sites (N-methyl/N-ethyl adjacent to an activating group) is 2. The lowest BCUT2D eigenvalue weighted by molar-refractivity contribution is -0.144. The zero-order valence-electron chi connectivity index (χ0n) is 29.2. The highest BCUT2D eigenvalue weighted by Crippen LogP contribution is 2.15. The Morgan fingerprint density at radius 1 is 0.708 bits per heavy atom. The number of aliphatic hydroxyl groups is 1. The highest BCUT2D eigenvalue weighted by atomic mass is 16.4. The number of phenols is 1. The minimum absolute atomic E-state index is 0.00438. The fraction of sp³-hybridized carbons (Fsp3) is 0.647. The van der Waals surface area contributed by atoms with Crippen LogP contribution in [0.2, 0.25) is 0 Å². The van der Waals surface area contributed by atoms with Gasteiger partial charge in [-0.3, -0.25) is 28.8 Å². The largest absolute Gasteiger partial charge is 0.508 e. The average molecular weight is 678 g/mol. The molecule has 0 bridgehead atoms. The Morgan fingerprint density at radius 2 is 1.23 bits per heavy atom. The molecule has 0 heterocycles. The molecule has 0 aliphatic rings. The third kappa shape index (κ3) is 15.1. The molecular weight excluding hydrogens is 622 g/mol. The van der Waals surface area contributed by atoms with E-state index in [9.17, 15) is 44.1 Å². The van der Waals surface area contributed by atoms with Crippen LogP contribution in [-0.2, 0) is 35.2 Å². The van der Waals surface area contributed by atoms with E-state index in [0.29, 0.717) is 17.9 Å². The molecule has 14 heteroatoms. The van der Waals surface area contributed by atoms with Crippen molar-refractivity contribution in [3.8, 4) is 5.75 Å². The normalized spacial score (nSPS) is 13.5. The molecule has 14 nitrogen and oxygen atoms in total. The number of aliphatic carboxylic acids is 1. The Kier molecular flexibility index (Phi) is 18.8. The first kappa shape index (κ1) is 41.8. The molecule has 1 aromatic rings. The highest BCUT2D eigenvalue weighted by molar-refractivity contribution is 5.94. The smallest absolute Gasteiger partial charge is 0.325 e. The van der Waals surface area contributed by atoms with Crippen molar-refractivity contribution in [1.29, 1.82) is 0 Å². The summed E-state index contributed by atoms with van der Waals surface area (Å²) in [5.41, 5.74) is 0.588. The Bertz CT molecular complexity index is 1210. The van der Waals surface area contributed by atoms with Gasteiger partial charge in [0.15, 0.2) is 0 Å². The Labute approximate surface area is 283 Å². The predicted octanol–water partition coefficient (Wildman–Crippen LogP) is 1.57. The Morgan fingerprint density at radius 3 is 1.79 bits per heavy atom. The number of aromatic hydroxyl groups is 1. The number of carboxylic acid groups (broad SMARTS) is 1. The number of hydrogen-bond donors (Lipinski definition) is 6. The van der Waals surface area contributed by atoms with Crippen LogP contribution in [0.15, 0.2) is 24.3 Å². The summed E-state index contributed by atoms with van der Waals surface area (Å²) in [6.07, 6.45) is 7.52. The van der Waals surface area contributed by atoms with Gasteiger partial charge in [-0.1, -0.05) is 64.5 Å². The fourth-order valence-electron chi connectivity index (χ4n) is 4.89. The maximum atomic E-state index is 13.0. The molecular formula is C34H55N5O9. The highest BCUT2D eigenvalue weighted by Gasteiger charge is 2.31. The number of carbonyl (C=O) groups excluding carboxylic acids is 5. The summed E-state index contributed by atoms with van der Waals surface area (Å²) in [6.45, 7) is 5.89. The minimum atomic E-state index is -1.26. The summed E-state index contributed by atoms with van der Waals surface area (Å²) in [6, 6.07) is 1.23. The van der Waals surface area contributed by atoms with Crippen LogP contribution in [0.5, 0.6) is 5.75 Å². The molecule has 0 unspecified atom stereocenters. The van der Waals surface area contributed by atoms with Crippen molar-refractivity contribution in [3.05, 3.63) is 29.8 Å². The number of carboxylic acids is 1. The molecule has 0 saturated carbocycles. The monoisotopic (exact) mass is 677 g/mol. The first-order valence-electron chi connectivity index (χ1n) is 16.6. The van der Waals surface area contributed by atoms with E-state index in [2.05, 4.69) is 29.8 Å².